The Labute approximate surface area is 196 Å². The van der Waals surface area contributed by atoms with Crippen LogP contribution in [-0.4, -0.2) is 44.2 Å². The van der Waals surface area contributed by atoms with Crippen LogP contribution in [0.3, 0.4) is 0 Å². The molecule has 5 heteroatoms. The molecule has 0 aliphatic carbocycles. The van der Waals surface area contributed by atoms with Crippen LogP contribution in [0.5, 0.6) is 5.75 Å². The molecule has 2 amide bonds. The first kappa shape index (κ1) is 22.9. The normalized spacial score (nSPS) is 14.6. The summed E-state index contributed by atoms with van der Waals surface area (Å²) in [6, 6.07) is 26.2. The Bertz CT molecular complexity index is 1030. The van der Waals surface area contributed by atoms with Gasteiger partial charge in [0.25, 0.3) is 0 Å². The standard InChI is InChI=1S/C28H33N3O2/c1-33-25-11-7-8-22(20-25)14-17-31-18-15-23(16-19-31)21-29-28(32)30-27-13-6-5-12-26(27)24-9-3-2-4-10-24/h2-13,20,23H,14-19,21H2,1H3,(H2,29,30,32). The van der Waals surface area contributed by atoms with E-state index in [4.69, 9.17) is 4.74 Å². The molecule has 0 saturated carbocycles. The maximum absolute atomic E-state index is 12.6. The molecule has 4 rings (SSSR count). The summed E-state index contributed by atoms with van der Waals surface area (Å²) in [5.41, 5.74) is 4.26. The fourth-order valence-electron chi connectivity index (χ4n) is 4.39. The molecule has 172 valence electrons. The molecule has 0 radical (unpaired) electrons. The van der Waals surface area contributed by atoms with Crippen molar-refractivity contribution in [3.8, 4) is 16.9 Å². The Morgan fingerprint density at radius 1 is 0.970 bits per heavy atom. The van der Waals surface area contributed by atoms with E-state index in [1.165, 1.54) is 5.56 Å². The van der Waals surface area contributed by atoms with Gasteiger partial charge in [-0.1, -0.05) is 60.7 Å². The largest absolute Gasteiger partial charge is 0.497 e. The first-order valence-electron chi connectivity index (χ1n) is 11.8. The molecule has 1 aliphatic rings. The molecule has 1 saturated heterocycles. The lowest BCUT2D eigenvalue weighted by Gasteiger charge is -2.32. The number of piperidine rings is 1. The molecule has 3 aromatic carbocycles. The third-order valence-corrected chi connectivity index (χ3v) is 6.37. The molecule has 5 nitrogen and oxygen atoms in total. The van der Waals surface area contributed by atoms with Crippen molar-refractivity contribution in [2.75, 3.05) is 38.6 Å². The number of likely N-dealkylation sites (tertiary alicyclic amines) is 1. The van der Waals surface area contributed by atoms with Crippen LogP contribution in [0.15, 0.2) is 78.9 Å². The lowest BCUT2D eigenvalue weighted by molar-refractivity contribution is 0.184. The van der Waals surface area contributed by atoms with Crippen LogP contribution >= 0.6 is 0 Å². The molecule has 2 N–H and O–H groups in total. The average molecular weight is 444 g/mol. The van der Waals surface area contributed by atoms with Gasteiger partial charge in [0.1, 0.15) is 5.75 Å². The molecule has 0 aromatic heterocycles. The first-order valence-corrected chi connectivity index (χ1v) is 11.8. The Balaban J connectivity index is 1.20. The number of methoxy groups -OCH3 is 1. The van der Waals surface area contributed by atoms with Gasteiger partial charge in [0, 0.05) is 18.7 Å². The van der Waals surface area contributed by atoms with Crippen molar-refractivity contribution < 1.29 is 9.53 Å². The number of rotatable bonds is 8. The maximum atomic E-state index is 12.6. The Morgan fingerprint density at radius 2 is 1.73 bits per heavy atom. The third-order valence-electron chi connectivity index (χ3n) is 6.37. The van der Waals surface area contributed by atoms with Crippen molar-refractivity contribution in [3.05, 3.63) is 84.4 Å². The van der Waals surface area contributed by atoms with Crippen molar-refractivity contribution in [1.29, 1.82) is 0 Å². The molecule has 0 unspecified atom stereocenters. The number of hydrogen-bond donors (Lipinski definition) is 2. The van der Waals surface area contributed by atoms with E-state index in [0.717, 1.165) is 61.5 Å². The highest BCUT2D eigenvalue weighted by atomic mass is 16.5. The predicted octanol–water partition coefficient (Wildman–Crippen LogP) is 5.44. The monoisotopic (exact) mass is 443 g/mol. The summed E-state index contributed by atoms with van der Waals surface area (Å²) in [5.74, 6) is 1.44. The van der Waals surface area contributed by atoms with Crippen LogP contribution < -0.4 is 15.4 Å². The number of nitrogens with zero attached hydrogens (tertiary/aromatic N) is 1. The summed E-state index contributed by atoms with van der Waals surface area (Å²) in [7, 11) is 1.71. The van der Waals surface area contributed by atoms with E-state index < -0.39 is 0 Å². The van der Waals surface area contributed by atoms with E-state index >= 15 is 0 Å². The average Bonchev–Trinajstić information content (AvgIpc) is 2.88. The molecule has 3 aromatic rings. The van der Waals surface area contributed by atoms with E-state index in [1.54, 1.807) is 7.11 Å². The van der Waals surface area contributed by atoms with Crippen molar-refractivity contribution >= 4 is 11.7 Å². The number of urea groups is 1. The van der Waals surface area contributed by atoms with Gasteiger partial charge in [0.05, 0.1) is 12.8 Å². The van der Waals surface area contributed by atoms with Gasteiger partial charge in [-0.2, -0.15) is 0 Å². The Hall–Kier alpha value is -3.31. The number of amides is 2. The van der Waals surface area contributed by atoms with Crippen LogP contribution in [0, 0.1) is 5.92 Å². The second-order valence-corrected chi connectivity index (χ2v) is 8.63. The number of para-hydroxylation sites is 1. The molecular weight excluding hydrogens is 410 g/mol. The van der Waals surface area contributed by atoms with Crippen LogP contribution in [-0.2, 0) is 6.42 Å². The minimum absolute atomic E-state index is 0.140. The smallest absolute Gasteiger partial charge is 0.319 e. The highest BCUT2D eigenvalue weighted by molar-refractivity contribution is 5.94. The van der Waals surface area contributed by atoms with Gasteiger partial charge in [0.2, 0.25) is 0 Å². The number of anilines is 1. The minimum Gasteiger partial charge on any atom is -0.497 e. The van der Waals surface area contributed by atoms with Crippen molar-refractivity contribution in [2.45, 2.75) is 19.3 Å². The highest BCUT2D eigenvalue weighted by Crippen LogP contribution is 2.27. The predicted molar refractivity (Wildman–Crippen MR) is 135 cm³/mol. The number of hydrogen-bond acceptors (Lipinski definition) is 3. The summed E-state index contributed by atoms with van der Waals surface area (Å²) in [6.07, 6.45) is 3.25. The van der Waals surface area contributed by atoms with Gasteiger partial charge in [-0.05, 0) is 67.6 Å². The summed E-state index contributed by atoms with van der Waals surface area (Å²) >= 11 is 0. The molecule has 0 atom stereocenters. The van der Waals surface area contributed by atoms with Gasteiger partial charge in [-0.3, -0.25) is 0 Å². The first-order chi connectivity index (χ1) is 16.2. The molecule has 1 fully saturated rings. The number of ether oxygens (including phenoxy) is 1. The second-order valence-electron chi connectivity index (χ2n) is 8.63. The molecule has 33 heavy (non-hydrogen) atoms. The third kappa shape index (κ3) is 6.59. The molecule has 0 spiro atoms. The lowest BCUT2D eigenvalue weighted by atomic mass is 9.96. The fraction of sp³-hybridized carbons (Fsp3) is 0.321. The zero-order valence-corrected chi connectivity index (χ0v) is 19.3. The van der Waals surface area contributed by atoms with Crippen LogP contribution in [0.2, 0.25) is 0 Å². The van der Waals surface area contributed by atoms with Gasteiger partial charge in [-0.25, -0.2) is 4.79 Å². The summed E-state index contributed by atoms with van der Waals surface area (Å²) in [5, 5.41) is 6.12. The van der Waals surface area contributed by atoms with Crippen LogP contribution in [0.4, 0.5) is 10.5 Å². The highest BCUT2D eigenvalue weighted by Gasteiger charge is 2.19. The van der Waals surface area contributed by atoms with Crippen molar-refractivity contribution in [3.63, 3.8) is 0 Å². The zero-order chi connectivity index (χ0) is 22.9. The number of nitrogens with one attached hydrogen (secondary N) is 2. The molecule has 0 bridgehead atoms. The van der Waals surface area contributed by atoms with E-state index in [-0.39, 0.29) is 6.03 Å². The van der Waals surface area contributed by atoms with Crippen molar-refractivity contribution in [1.82, 2.24) is 10.2 Å². The summed E-state index contributed by atoms with van der Waals surface area (Å²) in [6.45, 7) is 3.93. The Kier molecular flexibility index (Phi) is 7.99. The Morgan fingerprint density at radius 3 is 2.52 bits per heavy atom. The minimum atomic E-state index is -0.140. The van der Waals surface area contributed by atoms with E-state index in [9.17, 15) is 4.79 Å². The van der Waals surface area contributed by atoms with E-state index in [1.807, 2.05) is 48.5 Å². The lowest BCUT2D eigenvalue weighted by Crippen LogP contribution is -2.40. The van der Waals surface area contributed by atoms with Crippen LogP contribution in [0.25, 0.3) is 11.1 Å². The fourth-order valence-corrected chi connectivity index (χ4v) is 4.39. The van der Waals surface area contributed by atoms with Gasteiger partial charge >= 0.3 is 6.03 Å². The quantitative estimate of drug-likeness (QED) is 0.488. The summed E-state index contributed by atoms with van der Waals surface area (Å²) in [4.78, 5) is 15.1. The van der Waals surface area contributed by atoms with E-state index in [0.29, 0.717) is 12.5 Å². The topological polar surface area (TPSA) is 53.6 Å². The molecule has 1 heterocycles. The number of carbonyl (C=O) groups excluding carboxylic acids is 1. The van der Waals surface area contributed by atoms with Crippen LogP contribution in [0.1, 0.15) is 18.4 Å². The summed E-state index contributed by atoms with van der Waals surface area (Å²) < 4.78 is 5.32. The SMILES string of the molecule is COc1cccc(CCN2CCC(CNC(=O)Nc3ccccc3-c3ccccc3)CC2)c1. The van der Waals surface area contributed by atoms with Crippen molar-refractivity contribution in [2.24, 2.45) is 5.92 Å². The van der Waals surface area contributed by atoms with Gasteiger partial charge in [0.15, 0.2) is 0 Å². The van der Waals surface area contributed by atoms with Gasteiger partial charge in [-0.15, -0.1) is 0 Å². The zero-order valence-electron chi connectivity index (χ0n) is 19.3. The maximum Gasteiger partial charge on any atom is 0.319 e. The molecule has 1 aliphatic heterocycles. The number of carbonyl (C=O) groups is 1. The number of benzene rings is 3. The van der Waals surface area contributed by atoms with Gasteiger partial charge < -0.3 is 20.3 Å². The van der Waals surface area contributed by atoms with E-state index in [2.05, 4.69) is 45.9 Å². The second kappa shape index (κ2) is 11.5. The molecular formula is C28H33N3O2.